The molecule has 0 unspecified atom stereocenters. The Morgan fingerprint density at radius 2 is 1.87 bits per heavy atom. The summed E-state index contributed by atoms with van der Waals surface area (Å²) in [6, 6.07) is 6.64. The Morgan fingerprint density at radius 3 is 2.35 bits per heavy atom. The number of amides is 1. The van der Waals surface area contributed by atoms with E-state index in [9.17, 15) is 13.2 Å². The Morgan fingerprint density at radius 1 is 1.26 bits per heavy atom. The molecule has 0 aliphatic heterocycles. The number of sulfonamides is 1. The second-order valence-electron chi connectivity index (χ2n) is 5.73. The topological polar surface area (TPSA) is 75.7 Å². The molecule has 0 atom stereocenters. The lowest BCUT2D eigenvalue weighted by atomic mass is 10.1. The van der Waals surface area contributed by atoms with E-state index < -0.39 is 10.0 Å². The van der Waals surface area contributed by atoms with Crippen LogP contribution in [0.25, 0.3) is 0 Å². The first-order valence-corrected chi connectivity index (χ1v) is 9.56. The Labute approximate surface area is 138 Å². The van der Waals surface area contributed by atoms with Gasteiger partial charge in [-0.25, -0.2) is 8.42 Å². The summed E-state index contributed by atoms with van der Waals surface area (Å²) in [5.74, 6) is 0.823. The van der Waals surface area contributed by atoms with E-state index in [1.807, 2.05) is 6.92 Å². The quantitative estimate of drug-likeness (QED) is 0.745. The number of hydrogen-bond acceptors (Lipinski definition) is 4. The molecule has 0 aromatic heterocycles. The third-order valence-corrected chi connectivity index (χ3v) is 4.31. The predicted octanol–water partition coefficient (Wildman–Crippen LogP) is 2.01. The summed E-state index contributed by atoms with van der Waals surface area (Å²) in [7, 11) is -3.55. The van der Waals surface area contributed by atoms with E-state index in [0.29, 0.717) is 30.5 Å². The molecule has 0 spiro atoms. The number of rotatable bonds is 9. The molecule has 0 bridgehead atoms. The largest absolute Gasteiger partial charge is 0.494 e. The normalized spacial score (nSPS) is 11.3. The lowest BCUT2D eigenvalue weighted by Gasteiger charge is -2.22. The molecule has 7 heteroatoms. The predicted molar refractivity (Wildman–Crippen MR) is 92.3 cm³/mol. The number of carbonyl (C=O) groups excluding carboxylic acids is 1. The number of ether oxygens (including phenoxy) is 1. The van der Waals surface area contributed by atoms with Gasteiger partial charge in [0, 0.05) is 6.54 Å². The zero-order valence-corrected chi connectivity index (χ0v) is 15.0. The van der Waals surface area contributed by atoms with Crippen molar-refractivity contribution in [3.8, 4) is 5.75 Å². The first kappa shape index (κ1) is 19.3. The highest BCUT2D eigenvalue weighted by Gasteiger charge is 2.20. The Hall–Kier alpha value is -1.76. The molecule has 0 saturated carbocycles. The molecule has 1 N–H and O–H groups in total. The molecule has 1 aromatic carbocycles. The van der Waals surface area contributed by atoms with Gasteiger partial charge < -0.3 is 10.1 Å². The van der Waals surface area contributed by atoms with Gasteiger partial charge in [0.1, 0.15) is 12.3 Å². The number of hydrogen-bond donors (Lipinski definition) is 1. The fourth-order valence-electron chi connectivity index (χ4n) is 1.96. The average Bonchev–Trinajstić information content (AvgIpc) is 2.44. The SMILES string of the molecule is CCOc1ccc(N(CC(=O)NCCC(C)C)S(C)(=O)=O)cc1. The fourth-order valence-corrected chi connectivity index (χ4v) is 2.82. The van der Waals surface area contributed by atoms with Crippen LogP contribution in [0.5, 0.6) is 5.75 Å². The van der Waals surface area contributed by atoms with E-state index >= 15 is 0 Å². The van der Waals surface area contributed by atoms with Crippen LogP contribution in [0.15, 0.2) is 24.3 Å². The van der Waals surface area contributed by atoms with Gasteiger partial charge >= 0.3 is 0 Å². The van der Waals surface area contributed by atoms with E-state index in [2.05, 4.69) is 19.2 Å². The van der Waals surface area contributed by atoms with Gasteiger partial charge in [-0.2, -0.15) is 0 Å². The summed E-state index contributed by atoms with van der Waals surface area (Å²) >= 11 is 0. The number of carbonyl (C=O) groups is 1. The molecule has 1 rings (SSSR count). The molecular weight excluding hydrogens is 316 g/mol. The average molecular weight is 342 g/mol. The first-order valence-electron chi connectivity index (χ1n) is 7.71. The summed E-state index contributed by atoms with van der Waals surface area (Å²) in [5.41, 5.74) is 0.440. The van der Waals surface area contributed by atoms with Crippen molar-refractivity contribution in [2.24, 2.45) is 5.92 Å². The van der Waals surface area contributed by atoms with Gasteiger partial charge in [-0.05, 0) is 43.5 Å². The maximum absolute atomic E-state index is 12.0. The highest BCUT2D eigenvalue weighted by molar-refractivity contribution is 7.92. The summed E-state index contributed by atoms with van der Waals surface area (Å²) in [6.07, 6.45) is 1.94. The van der Waals surface area contributed by atoms with Gasteiger partial charge in [0.15, 0.2) is 0 Å². The van der Waals surface area contributed by atoms with Crippen molar-refractivity contribution < 1.29 is 17.9 Å². The minimum absolute atomic E-state index is 0.231. The van der Waals surface area contributed by atoms with Crippen LogP contribution in [0.1, 0.15) is 27.2 Å². The molecule has 0 heterocycles. The van der Waals surface area contributed by atoms with Gasteiger partial charge in [-0.1, -0.05) is 13.8 Å². The lowest BCUT2D eigenvalue weighted by molar-refractivity contribution is -0.119. The van der Waals surface area contributed by atoms with Crippen LogP contribution >= 0.6 is 0 Å². The van der Waals surface area contributed by atoms with Gasteiger partial charge in [0.05, 0.1) is 18.6 Å². The molecule has 0 radical (unpaired) electrons. The van der Waals surface area contributed by atoms with Crippen LogP contribution in [0, 0.1) is 5.92 Å². The zero-order chi connectivity index (χ0) is 17.5. The molecule has 0 aliphatic rings. The van der Waals surface area contributed by atoms with Crippen LogP contribution in [0.3, 0.4) is 0 Å². The zero-order valence-electron chi connectivity index (χ0n) is 14.2. The minimum Gasteiger partial charge on any atom is -0.494 e. The van der Waals surface area contributed by atoms with Crippen molar-refractivity contribution in [3.63, 3.8) is 0 Å². The maximum atomic E-state index is 12.0. The van der Waals surface area contributed by atoms with Crippen molar-refractivity contribution in [1.82, 2.24) is 5.32 Å². The van der Waals surface area contributed by atoms with Crippen LogP contribution in [0.4, 0.5) is 5.69 Å². The summed E-state index contributed by atoms with van der Waals surface area (Å²) in [4.78, 5) is 12.0. The third-order valence-electron chi connectivity index (χ3n) is 3.17. The van der Waals surface area contributed by atoms with Crippen LogP contribution in [0.2, 0.25) is 0 Å². The van der Waals surface area contributed by atoms with E-state index in [1.165, 1.54) is 0 Å². The van der Waals surface area contributed by atoms with Gasteiger partial charge in [-0.15, -0.1) is 0 Å². The summed E-state index contributed by atoms with van der Waals surface area (Å²) < 4.78 is 30.4. The van der Waals surface area contributed by atoms with Crippen LogP contribution in [-0.2, 0) is 14.8 Å². The van der Waals surface area contributed by atoms with E-state index in [4.69, 9.17) is 4.74 Å². The van der Waals surface area contributed by atoms with Crippen LogP contribution < -0.4 is 14.4 Å². The summed E-state index contributed by atoms with van der Waals surface area (Å²) in [5, 5.41) is 2.75. The van der Waals surface area contributed by atoms with E-state index in [-0.39, 0.29) is 12.5 Å². The molecule has 0 saturated heterocycles. The number of anilines is 1. The molecule has 23 heavy (non-hydrogen) atoms. The van der Waals surface area contributed by atoms with Crippen molar-refractivity contribution in [2.45, 2.75) is 27.2 Å². The number of benzene rings is 1. The first-order chi connectivity index (χ1) is 10.7. The van der Waals surface area contributed by atoms with Crippen molar-refractivity contribution in [1.29, 1.82) is 0 Å². The third kappa shape index (κ3) is 6.90. The smallest absolute Gasteiger partial charge is 0.240 e. The fraction of sp³-hybridized carbons (Fsp3) is 0.562. The standard InChI is InChI=1S/C16H26N2O4S/c1-5-22-15-8-6-14(7-9-15)18(23(4,20)21)12-16(19)17-11-10-13(2)3/h6-9,13H,5,10-12H2,1-4H3,(H,17,19). The molecule has 1 amide bonds. The van der Waals surface area contributed by atoms with Crippen molar-refractivity contribution in [3.05, 3.63) is 24.3 Å². The van der Waals surface area contributed by atoms with Gasteiger partial charge in [0.2, 0.25) is 15.9 Å². The van der Waals surface area contributed by atoms with Gasteiger partial charge in [0.25, 0.3) is 0 Å². The molecule has 0 fully saturated rings. The highest BCUT2D eigenvalue weighted by atomic mass is 32.2. The Balaban J connectivity index is 2.79. The molecule has 130 valence electrons. The molecule has 1 aromatic rings. The second kappa shape index (κ2) is 8.76. The van der Waals surface area contributed by atoms with Crippen molar-refractivity contribution in [2.75, 3.05) is 30.3 Å². The van der Waals surface area contributed by atoms with Crippen LogP contribution in [-0.4, -0.2) is 40.3 Å². The van der Waals surface area contributed by atoms with Gasteiger partial charge in [-0.3, -0.25) is 9.10 Å². The second-order valence-corrected chi connectivity index (χ2v) is 7.64. The maximum Gasteiger partial charge on any atom is 0.240 e. The summed E-state index contributed by atoms with van der Waals surface area (Å²) in [6.45, 7) is 6.84. The minimum atomic E-state index is -3.55. The van der Waals surface area contributed by atoms with Crippen molar-refractivity contribution >= 4 is 21.6 Å². The number of nitrogens with zero attached hydrogens (tertiary/aromatic N) is 1. The van der Waals surface area contributed by atoms with E-state index in [1.54, 1.807) is 24.3 Å². The molecule has 6 nitrogen and oxygen atoms in total. The molecule has 0 aliphatic carbocycles. The highest BCUT2D eigenvalue weighted by Crippen LogP contribution is 2.21. The Kier molecular flexibility index (Phi) is 7.35. The number of nitrogens with one attached hydrogen (secondary N) is 1. The monoisotopic (exact) mass is 342 g/mol. The molecular formula is C16H26N2O4S. The van der Waals surface area contributed by atoms with E-state index in [0.717, 1.165) is 17.0 Å². The lowest BCUT2D eigenvalue weighted by Crippen LogP contribution is -2.40. The Bertz CT molecular complexity index is 597.